The molecule has 0 saturated heterocycles. The summed E-state index contributed by atoms with van der Waals surface area (Å²) in [6, 6.07) is 9.14. The molecule has 0 heterocycles. The molecule has 0 nitrogen and oxygen atoms in total. The van der Waals surface area contributed by atoms with Crippen LogP contribution in [0.1, 0.15) is 50.2 Å². The predicted octanol–water partition coefficient (Wildman–Crippen LogP) is 5.14. The van der Waals surface area contributed by atoms with E-state index in [1.165, 1.54) is 49.7 Å². The molecular formula is C16H23Br. The molecular weight excluding hydrogens is 272 g/mol. The van der Waals surface area contributed by atoms with Crippen molar-refractivity contribution in [3.05, 3.63) is 35.4 Å². The summed E-state index contributed by atoms with van der Waals surface area (Å²) >= 11 is 3.89. The Morgan fingerprint density at radius 2 is 1.71 bits per heavy atom. The van der Waals surface area contributed by atoms with Crippen LogP contribution >= 0.6 is 15.9 Å². The molecule has 0 aromatic heterocycles. The Morgan fingerprint density at radius 1 is 1.12 bits per heavy atom. The lowest BCUT2D eigenvalue weighted by Crippen LogP contribution is -2.11. The Hall–Kier alpha value is -0.300. The molecule has 1 atom stereocenters. The maximum Gasteiger partial charge on any atom is 0.0177 e. The maximum atomic E-state index is 3.89. The minimum absolute atomic E-state index is 0.732. The van der Waals surface area contributed by atoms with E-state index in [0.717, 1.165) is 17.2 Å². The summed E-state index contributed by atoms with van der Waals surface area (Å²) in [5.74, 6) is 0.935. The largest absolute Gasteiger partial charge is 0.0888 e. The van der Waals surface area contributed by atoms with Gasteiger partial charge in [0.1, 0.15) is 0 Å². The van der Waals surface area contributed by atoms with Gasteiger partial charge in [-0.3, -0.25) is 0 Å². The summed E-state index contributed by atoms with van der Waals surface area (Å²) < 4.78 is 0. The van der Waals surface area contributed by atoms with E-state index < -0.39 is 0 Å². The topological polar surface area (TPSA) is 0 Å². The van der Waals surface area contributed by atoms with E-state index in [1.54, 1.807) is 0 Å². The first-order valence-electron chi connectivity index (χ1n) is 7.01. The molecule has 0 radical (unpaired) electrons. The van der Waals surface area contributed by atoms with Crippen molar-refractivity contribution in [1.82, 2.24) is 0 Å². The molecule has 17 heavy (non-hydrogen) atoms. The Balaban J connectivity index is 1.80. The molecule has 0 N–H and O–H groups in total. The number of aryl methyl sites for hydroxylation is 2. The van der Waals surface area contributed by atoms with Gasteiger partial charge in [-0.15, -0.1) is 0 Å². The van der Waals surface area contributed by atoms with E-state index in [2.05, 4.69) is 47.1 Å². The van der Waals surface area contributed by atoms with E-state index in [4.69, 9.17) is 0 Å². The highest BCUT2D eigenvalue weighted by Gasteiger charge is 2.22. The Morgan fingerprint density at radius 3 is 2.29 bits per heavy atom. The van der Waals surface area contributed by atoms with Crippen molar-refractivity contribution in [3.8, 4) is 0 Å². The summed E-state index contributed by atoms with van der Waals surface area (Å²) in [6.45, 7) is 2.21. The molecule has 0 bridgehead atoms. The highest BCUT2D eigenvalue weighted by atomic mass is 79.9. The first-order valence-corrected chi connectivity index (χ1v) is 7.93. The summed E-state index contributed by atoms with van der Waals surface area (Å²) in [5.41, 5.74) is 2.93. The molecule has 1 unspecified atom stereocenters. The van der Waals surface area contributed by atoms with E-state index >= 15 is 0 Å². The lowest BCUT2D eigenvalue weighted by Gasteiger charge is -2.16. The molecule has 1 heteroatoms. The zero-order valence-corrected chi connectivity index (χ0v) is 12.4. The van der Waals surface area contributed by atoms with Crippen LogP contribution in [0.4, 0.5) is 0 Å². The van der Waals surface area contributed by atoms with Gasteiger partial charge in [0.25, 0.3) is 0 Å². The smallest absolute Gasteiger partial charge is 0.0177 e. The van der Waals surface area contributed by atoms with Crippen LogP contribution in [-0.2, 0) is 12.8 Å². The van der Waals surface area contributed by atoms with Gasteiger partial charge in [-0.2, -0.15) is 0 Å². The van der Waals surface area contributed by atoms with Gasteiger partial charge in [-0.1, -0.05) is 60.0 Å². The molecule has 1 fully saturated rings. The van der Waals surface area contributed by atoms with Gasteiger partial charge in [0.05, 0.1) is 0 Å². The molecule has 1 aromatic carbocycles. The lowest BCUT2D eigenvalue weighted by atomic mass is 9.97. The zero-order chi connectivity index (χ0) is 12.1. The third-order valence-corrected chi connectivity index (χ3v) is 5.26. The third-order valence-electron chi connectivity index (χ3n) is 4.05. The Bertz CT molecular complexity index is 322. The molecule has 1 aromatic rings. The number of benzene rings is 1. The average molecular weight is 295 g/mol. The molecule has 0 spiro atoms. The van der Waals surface area contributed by atoms with E-state index in [9.17, 15) is 0 Å². The summed E-state index contributed by atoms with van der Waals surface area (Å²) in [6.07, 6.45) is 9.40. The first-order chi connectivity index (χ1) is 8.29. The Labute approximate surface area is 114 Å². The quantitative estimate of drug-likeness (QED) is 0.660. The Kier molecular flexibility index (Phi) is 5.09. The second-order valence-corrected chi connectivity index (χ2v) is 6.45. The van der Waals surface area contributed by atoms with Gasteiger partial charge in [0.15, 0.2) is 0 Å². The van der Waals surface area contributed by atoms with Crippen LogP contribution in [0, 0.1) is 5.92 Å². The van der Waals surface area contributed by atoms with Crippen LogP contribution < -0.4 is 0 Å². The fraction of sp³-hybridized carbons (Fsp3) is 0.625. The monoisotopic (exact) mass is 294 g/mol. The van der Waals surface area contributed by atoms with Crippen LogP contribution in [0.2, 0.25) is 0 Å². The van der Waals surface area contributed by atoms with Crippen LogP contribution in [0.5, 0.6) is 0 Å². The molecule has 1 aliphatic carbocycles. The minimum Gasteiger partial charge on any atom is -0.0888 e. The van der Waals surface area contributed by atoms with Crippen molar-refractivity contribution >= 4 is 15.9 Å². The van der Waals surface area contributed by atoms with E-state index in [1.807, 2.05) is 0 Å². The van der Waals surface area contributed by atoms with Crippen molar-refractivity contribution in [2.75, 3.05) is 0 Å². The fourth-order valence-electron chi connectivity index (χ4n) is 2.80. The second-order valence-electron chi connectivity index (χ2n) is 5.27. The van der Waals surface area contributed by atoms with Gasteiger partial charge >= 0.3 is 0 Å². The number of hydrogen-bond donors (Lipinski definition) is 0. The molecule has 0 amide bonds. The highest BCUT2D eigenvalue weighted by Crippen LogP contribution is 2.33. The minimum atomic E-state index is 0.732. The van der Waals surface area contributed by atoms with Crippen molar-refractivity contribution in [1.29, 1.82) is 0 Å². The SMILES string of the molecule is CCc1ccc(CCC(Br)C2CCCC2)cc1. The predicted molar refractivity (Wildman–Crippen MR) is 78.8 cm³/mol. The van der Waals surface area contributed by atoms with Crippen LogP contribution in [0.15, 0.2) is 24.3 Å². The van der Waals surface area contributed by atoms with Gasteiger partial charge in [0.2, 0.25) is 0 Å². The molecule has 94 valence electrons. The number of rotatable bonds is 5. The summed E-state index contributed by atoms with van der Waals surface area (Å²) in [4.78, 5) is 0.732. The van der Waals surface area contributed by atoms with Gasteiger partial charge in [-0.05, 0) is 49.1 Å². The van der Waals surface area contributed by atoms with Crippen molar-refractivity contribution < 1.29 is 0 Å². The molecule has 2 rings (SSSR count). The van der Waals surface area contributed by atoms with Gasteiger partial charge < -0.3 is 0 Å². The van der Waals surface area contributed by atoms with Crippen LogP contribution in [-0.4, -0.2) is 4.83 Å². The van der Waals surface area contributed by atoms with Crippen molar-refractivity contribution in [3.63, 3.8) is 0 Å². The van der Waals surface area contributed by atoms with E-state index in [-0.39, 0.29) is 0 Å². The van der Waals surface area contributed by atoms with E-state index in [0.29, 0.717) is 0 Å². The fourth-order valence-corrected chi connectivity index (χ4v) is 3.56. The number of hydrogen-bond acceptors (Lipinski definition) is 0. The highest BCUT2D eigenvalue weighted by molar-refractivity contribution is 9.09. The molecule has 1 aliphatic rings. The van der Waals surface area contributed by atoms with Crippen LogP contribution in [0.25, 0.3) is 0 Å². The average Bonchev–Trinajstić information content (AvgIpc) is 2.90. The second kappa shape index (κ2) is 6.58. The lowest BCUT2D eigenvalue weighted by molar-refractivity contribution is 0.506. The van der Waals surface area contributed by atoms with Crippen molar-refractivity contribution in [2.45, 2.75) is 56.7 Å². The first kappa shape index (κ1) is 13.1. The van der Waals surface area contributed by atoms with Crippen molar-refractivity contribution in [2.24, 2.45) is 5.92 Å². The zero-order valence-electron chi connectivity index (χ0n) is 10.8. The summed E-state index contributed by atoms with van der Waals surface area (Å²) in [5, 5.41) is 0. The molecule has 0 aliphatic heterocycles. The third kappa shape index (κ3) is 3.84. The normalized spacial score (nSPS) is 18.5. The van der Waals surface area contributed by atoms with Gasteiger partial charge in [0, 0.05) is 4.83 Å². The maximum absolute atomic E-state index is 3.89. The number of alkyl halides is 1. The van der Waals surface area contributed by atoms with Gasteiger partial charge in [-0.25, -0.2) is 0 Å². The summed E-state index contributed by atoms with van der Waals surface area (Å²) in [7, 11) is 0. The number of halogens is 1. The standard InChI is InChI=1S/C16H23Br/c1-2-13-7-9-14(10-8-13)11-12-16(17)15-5-3-4-6-15/h7-10,15-16H,2-6,11-12H2,1H3. The van der Waals surface area contributed by atoms with Crippen LogP contribution in [0.3, 0.4) is 0 Å². The molecule has 1 saturated carbocycles.